The van der Waals surface area contributed by atoms with Crippen LogP contribution in [0.25, 0.3) is 4.96 Å². The summed E-state index contributed by atoms with van der Waals surface area (Å²) in [5.41, 5.74) is 1.27. The minimum Gasteiger partial charge on any atom is -0.352 e. The quantitative estimate of drug-likeness (QED) is 0.808. The number of likely N-dealkylation sites (N-methyl/N-ethyl adjacent to an activating group) is 1. The molecule has 3 rings (SSSR count). The van der Waals surface area contributed by atoms with Crippen LogP contribution >= 0.6 is 27.3 Å². The van der Waals surface area contributed by atoms with Crippen molar-refractivity contribution < 1.29 is 0 Å². The molecule has 4 nitrogen and oxygen atoms in total. The lowest BCUT2D eigenvalue weighted by Crippen LogP contribution is -2.46. The van der Waals surface area contributed by atoms with Crippen LogP contribution in [0.5, 0.6) is 0 Å². The molecule has 18 heavy (non-hydrogen) atoms. The second-order valence-corrected chi connectivity index (χ2v) is 5.93. The first-order valence-corrected chi connectivity index (χ1v) is 8.31. The first-order chi connectivity index (χ1) is 8.83. The number of alkyl halides is 1. The molecule has 0 unspecified atom stereocenters. The standard InChI is InChI=1S/C12H17BrN4S/c1-2-15-3-5-16(6-4-15)11-10(9-13)17-7-8-18-12(17)14-11/h7-8H,2-6,9H2,1H3. The van der Waals surface area contributed by atoms with Crippen molar-refractivity contribution in [1.29, 1.82) is 0 Å². The maximum Gasteiger partial charge on any atom is 0.195 e. The SMILES string of the molecule is CCN1CCN(c2nc3sccn3c2CBr)CC1. The first kappa shape index (κ1) is 12.4. The molecule has 0 saturated carbocycles. The van der Waals surface area contributed by atoms with Crippen LogP contribution in [0.1, 0.15) is 12.6 Å². The number of rotatable bonds is 3. The molecule has 0 spiro atoms. The third-order valence-corrected chi connectivity index (χ3v) is 4.87. The van der Waals surface area contributed by atoms with Crippen molar-refractivity contribution in [2.75, 3.05) is 37.6 Å². The van der Waals surface area contributed by atoms with E-state index < -0.39 is 0 Å². The molecular weight excluding hydrogens is 312 g/mol. The lowest BCUT2D eigenvalue weighted by molar-refractivity contribution is 0.270. The van der Waals surface area contributed by atoms with Gasteiger partial charge in [-0.1, -0.05) is 22.9 Å². The summed E-state index contributed by atoms with van der Waals surface area (Å²) < 4.78 is 2.20. The highest BCUT2D eigenvalue weighted by molar-refractivity contribution is 9.08. The molecule has 1 fully saturated rings. The van der Waals surface area contributed by atoms with Gasteiger partial charge < -0.3 is 9.80 Å². The molecule has 2 aromatic heterocycles. The molecule has 0 aromatic carbocycles. The van der Waals surface area contributed by atoms with E-state index in [2.05, 4.69) is 48.6 Å². The monoisotopic (exact) mass is 328 g/mol. The molecule has 1 aliphatic heterocycles. The van der Waals surface area contributed by atoms with Crippen molar-refractivity contribution in [3.8, 4) is 0 Å². The van der Waals surface area contributed by atoms with Crippen LogP contribution in [0.3, 0.4) is 0 Å². The van der Waals surface area contributed by atoms with Gasteiger partial charge in [-0.25, -0.2) is 4.98 Å². The molecule has 0 bridgehead atoms. The molecule has 0 atom stereocenters. The molecule has 2 aromatic rings. The molecule has 6 heteroatoms. The molecule has 98 valence electrons. The maximum atomic E-state index is 4.78. The molecular formula is C12H17BrN4S. The third kappa shape index (κ3) is 2.06. The fourth-order valence-corrected chi connectivity index (χ4v) is 3.72. The number of anilines is 1. The Balaban J connectivity index is 1.87. The Labute approximate surface area is 119 Å². The Morgan fingerprint density at radius 1 is 1.33 bits per heavy atom. The zero-order valence-electron chi connectivity index (χ0n) is 10.5. The summed E-state index contributed by atoms with van der Waals surface area (Å²) in [5.74, 6) is 1.16. The van der Waals surface area contributed by atoms with Crippen LogP contribution in [0.4, 0.5) is 5.82 Å². The average Bonchev–Trinajstić information content (AvgIpc) is 2.98. The van der Waals surface area contributed by atoms with E-state index in [0.29, 0.717) is 0 Å². The van der Waals surface area contributed by atoms with Crippen LogP contribution in [-0.2, 0) is 5.33 Å². The first-order valence-electron chi connectivity index (χ1n) is 6.31. The summed E-state index contributed by atoms with van der Waals surface area (Å²) >= 11 is 5.29. The van der Waals surface area contributed by atoms with Gasteiger partial charge in [-0.3, -0.25) is 4.40 Å². The Hall–Kier alpha value is -0.590. The number of thiazole rings is 1. The van der Waals surface area contributed by atoms with Gasteiger partial charge in [0.15, 0.2) is 10.8 Å². The Morgan fingerprint density at radius 3 is 2.78 bits per heavy atom. The van der Waals surface area contributed by atoms with Gasteiger partial charge in [0.25, 0.3) is 0 Å². The number of aromatic nitrogens is 2. The predicted octanol–water partition coefficient (Wildman–Crippen LogP) is 2.43. The summed E-state index contributed by atoms with van der Waals surface area (Å²) in [6, 6.07) is 0. The second-order valence-electron chi connectivity index (χ2n) is 4.49. The minimum atomic E-state index is 0.855. The van der Waals surface area contributed by atoms with Gasteiger partial charge in [0.05, 0.1) is 5.69 Å². The summed E-state index contributed by atoms with van der Waals surface area (Å²) in [6.07, 6.45) is 2.11. The van der Waals surface area contributed by atoms with Crippen molar-refractivity contribution in [3.63, 3.8) is 0 Å². The van der Waals surface area contributed by atoms with Crippen LogP contribution in [0, 0.1) is 0 Å². The molecule has 1 aliphatic rings. The Kier molecular flexibility index (Phi) is 3.59. The summed E-state index contributed by atoms with van der Waals surface area (Å²) in [7, 11) is 0. The predicted molar refractivity (Wildman–Crippen MR) is 80.0 cm³/mol. The van der Waals surface area contributed by atoms with Gasteiger partial charge in [0.2, 0.25) is 0 Å². The summed E-state index contributed by atoms with van der Waals surface area (Å²) in [6.45, 7) is 7.83. The van der Waals surface area contributed by atoms with Crippen molar-refractivity contribution >= 4 is 38.0 Å². The average molecular weight is 329 g/mol. The summed E-state index contributed by atoms with van der Waals surface area (Å²) in [5, 5.41) is 2.95. The van der Waals surface area contributed by atoms with Gasteiger partial charge >= 0.3 is 0 Å². The number of fused-ring (bicyclic) bond motifs is 1. The maximum absolute atomic E-state index is 4.78. The van der Waals surface area contributed by atoms with Crippen molar-refractivity contribution in [2.45, 2.75) is 12.3 Å². The Bertz CT molecular complexity index is 527. The van der Waals surface area contributed by atoms with Crippen molar-refractivity contribution in [3.05, 3.63) is 17.3 Å². The fourth-order valence-electron chi connectivity index (χ4n) is 2.47. The third-order valence-electron chi connectivity index (χ3n) is 3.59. The number of hydrogen-bond acceptors (Lipinski definition) is 4. The molecule has 3 heterocycles. The number of hydrogen-bond donors (Lipinski definition) is 0. The highest BCUT2D eigenvalue weighted by Crippen LogP contribution is 2.27. The van der Waals surface area contributed by atoms with Gasteiger partial charge in [0, 0.05) is 43.1 Å². The fraction of sp³-hybridized carbons (Fsp3) is 0.583. The highest BCUT2D eigenvalue weighted by atomic mass is 79.9. The van der Waals surface area contributed by atoms with E-state index in [4.69, 9.17) is 4.98 Å². The van der Waals surface area contributed by atoms with Crippen LogP contribution < -0.4 is 4.90 Å². The van der Waals surface area contributed by atoms with Crippen molar-refractivity contribution in [2.24, 2.45) is 0 Å². The smallest absolute Gasteiger partial charge is 0.195 e. The van der Waals surface area contributed by atoms with Crippen LogP contribution in [0.15, 0.2) is 11.6 Å². The van der Waals surface area contributed by atoms with E-state index in [1.54, 1.807) is 11.3 Å². The Morgan fingerprint density at radius 2 is 2.11 bits per heavy atom. The van der Waals surface area contributed by atoms with Gasteiger partial charge in [-0.2, -0.15) is 0 Å². The van der Waals surface area contributed by atoms with E-state index in [0.717, 1.165) is 48.8 Å². The number of piperazine rings is 1. The van der Waals surface area contributed by atoms with Gasteiger partial charge in [-0.05, 0) is 6.54 Å². The molecule has 0 N–H and O–H groups in total. The lowest BCUT2D eigenvalue weighted by Gasteiger charge is -2.34. The lowest BCUT2D eigenvalue weighted by atomic mass is 10.3. The zero-order valence-corrected chi connectivity index (χ0v) is 12.9. The van der Waals surface area contributed by atoms with E-state index in [1.165, 1.54) is 5.69 Å². The van der Waals surface area contributed by atoms with E-state index in [1.807, 2.05) is 0 Å². The second kappa shape index (κ2) is 5.19. The number of imidazole rings is 1. The topological polar surface area (TPSA) is 23.8 Å². The molecule has 1 saturated heterocycles. The minimum absolute atomic E-state index is 0.855. The molecule has 0 aliphatic carbocycles. The van der Waals surface area contributed by atoms with Crippen LogP contribution in [-0.4, -0.2) is 47.0 Å². The zero-order chi connectivity index (χ0) is 12.5. The number of nitrogens with zero attached hydrogens (tertiary/aromatic N) is 4. The summed E-state index contributed by atoms with van der Waals surface area (Å²) in [4.78, 5) is 10.8. The van der Waals surface area contributed by atoms with E-state index in [9.17, 15) is 0 Å². The van der Waals surface area contributed by atoms with Crippen molar-refractivity contribution in [1.82, 2.24) is 14.3 Å². The highest BCUT2D eigenvalue weighted by Gasteiger charge is 2.22. The van der Waals surface area contributed by atoms with E-state index >= 15 is 0 Å². The number of halogens is 1. The molecule has 0 amide bonds. The molecule has 0 radical (unpaired) electrons. The normalized spacial score (nSPS) is 17.8. The van der Waals surface area contributed by atoms with Gasteiger partial charge in [-0.15, -0.1) is 11.3 Å². The largest absolute Gasteiger partial charge is 0.352 e. The van der Waals surface area contributed by atoms with Gasteiger partial charge in [0.1, 0.15) is 0 Å². The van der Waals surface area contributed by atoms with Crippen LogP contribution in [0.2, 0.25) is 0 Å². The van der Waals surface area contributed by atoms with E-state index in [-0.39, 0.29) is 0 Å².